The lowest BCUT2D eigenvalue weighted by Gasteiger charge is -2.36. The number of hydrogen-bond acceptors (Lipinski definition) is 14. The maximum atomic E-state index is 15.0. The number of anilines is 1. The molecule has 0 saturated carbocycles. The van der Waals surface area contributed by atoms with E-state index in [0.29, 0.717) is 47.6 Å². The number of esters is 2. The van der Waals surface area contributed by atoms with E-state index < -0.39 is 113 Å². The quantitative estimate of drug-likeness (QED) is 0.0924. The molecule has 3 N–H and O–H groups in total. The molecule has 7 amide bonds. The monoisotopic (exact) mass is 1250 g/mol. The number of cyclic esters (lactones) is 2. The van der Waals surface area contributed by atoms with Crippen molar-refractivity contribution in [3.05, 3.63) is 138 Å². The Balaban J connectivity index is 1.33. The Morgan fingerprint density at radius 2 is 1.31 bits per heavy atom. The van der Waals surface area contributed by atoms with E-state index in [-0.39, 0.29) is 70.4 Å². The number of methoxy groups -OCH3 is 2. The van der Waals surface area contributed by atoms with Gasteiger partial charge in [0.25, 0.3) is 5.91 Å². The number of benzene rings is 4. The lowest BCUT2D eigenvalue weighted by atomic mass is 9.87. The minimum absolute atomic E-state index is 0.0283. The second-order valence-corrected chi connectivity index (χ2v) is 24.9. The number of ketones is 1. The van der Waals surface area contributed by atoms with Crippen LogP contribution in [-0.4, -0.2) is 164 Å². The maximum Gasteiger partial charge on any atom is 0.330 e. The number of nitrogens with one attached hydrogen (secondary N) is 3. The highest BCUT2D eigenvalue weighted by atomic mass is 16.5. The minimum Gasteiger partial charge on any atom is -0.493 e. The highest BCUT2D eigenvalue weighted by Crippen LogP contribution is 2.33. The predicted molar refractivity (Wildman–Crippen MR) is 343 cm³/mol. The Morgan fingerprint density at radius 3 is 1.93 bits per heavy atom. The summed E-state index contributed by atoms with van der Waals surface area (Å²) >= 11 is 0. The summed E-state index contributed by atoms with van der Waals surface area (Å²) in [4.78, 5) is 148. The Hall–Kier alpha value is -8.88. The van der Waals surface area contributed by atoms with Crippen LogP contribution in [0.1, 0.15) is 121 Å². The summed E-state index contributed by atoms with van der Waals surface area (Å²) in [6.07, 6.45) is 3.54. The number of piperidine rings is 1. The van der Waals surface area contributed by atoms with E-state index in [2.05, 4.69) is 16.0 Å². The molecule has 4 aromatic rings. The smallest absolute Gasteiger partial charge is 0.330 e. The van der Waals surface area contributed by atoms with E-state index in [1.807, 2.05) is 74.5 Å². The lowest BCUT2D eigenvalue weighted by molar-refractivity contribution is -0.165. The van der Waals surface area contributed by atoms with E-state index >= 15 is 0 Å². The van der Waals surface area contributed by atoms with E-state index in [1.165, 1.54) is 67.8 Å². The fourth-order valence-electron chi connectivity index (χ4n) is 11.3. The first-order valence-electron chi connectivity index (χ1n) is 31.3. The Labute approximate surface area is 534 Å². The number of ether oxygens (including phenoxy) is 4. The number of nitrogens with zero attached hydrogens (tertiary/aromatic N) is 4. The van der Waals surface area contributed by atoms with Gasteiger partial charge in [-0.15, -0.1) is 0 Å². The third kappa shape index (κ3) is 20.3. The standard InChI is InChI=1S/C70H91N7O14/c1-45(2)39-55-64(82)72-53(41-48-25-16-13-17-26-48)67(85)76(9)62(46(3)4)65(83)73-52(40-47-23-14-12-15-24-47)66(84)74(7)37-20-19-30-61(80)90-44-70(5,6)63(81)68(86)77-38-21-18-29-54(77)69(87)91-56(33-31-49-32-34-57(88-10)58(42-49)89-11)50-27-22-28-51(43-50)71-59(78)35-36-60(79)75(55)8/h12-17,19,22-28,30,32,34,42-43,45-46,52-56,62H,18,20-21,29,31,33,35-41,44H2,1-11H3,(H,71,78)(H,72,82)(H,73,83)/t52-,53-,54+,55+,56-,62+/m1/s1. The van der Waals surface area contributed by atoms with Crippen molar-refractivity contribution in [2.45, 2.75) is 148 Å². The zero-order chi connectivity index (χ0) is 66.5. The van der Waals surface area contributed by atoms with Crippen molar-refractivity contribution < 1.29 is 66.9 Å². The van der Waals surface area contributed by atoms with Gasteiger partial charge < -0.3 is 54.5 Å². The van der Waals surface area contributed by atoms with Gasteiger partial charge in [-0.25, -0.2) is 9.59 Å². The number of carbonyl (C=O) groups is 10. The van der Waals surface area contributed by atoms with Crippen LogP contribution in [0.2, 0.25) is 0 Å². The van der Waals surface area contributed by atoms with Crippen molar-refractivity contribution >= 4 is 64.8 Å². The van der Waals surface area contributed by atoms with Crippen LogP contribution in [0.15, 0.2) is 115 Å². The number of rotatable bonds is 12. The number of likely N-dealkylation sites (N-methyl/N-ethyl adjacent to an activating group) is 3. The largest absolute Gasteiger partial charge is 0.493 e. The second-order valence-electron chi connectivity index (χ2n) is 24.9. The zero-order valence-electron chi connectivity index (χ0n) is 54.5. The predicted octanol–water partition coefficient (Wildman–Crippen LogP) is 7.39. The molecule has 0 spiro atoms. The molecule has 2 aliphatic heterocycles. The summed E-state index contributed by atoms with van der Waals surface area (Å²) < 4.78 is 22.9. The van der Waals surface area contributed by atoms with Crippen molar-refractivity contribution in [2.24, 2.45) is 17.3 Å². The van der Waals surface area contributed by atoms with Gasteiger partial charge in [-0.1, -0.05) is 113 Å². The molecule has 1 saturated heterocycles. The minimum atomic E-state index is -1.52. The van der Waals surface area contributed by atoms with Crippen LogP contribution >= 0.6 is 0 Å². The molecule has 6 rings (SSSR count). The molecule has 6 atom stereocenters. The fraction of sp³-hybridized carbons (Fsp3) is 0.486. The van der Waals surface area contributed by atoms with Crippen molar-refractivity contribution in [2.75, 3.05) is 60.4 Å². The number of hydrogen-bond donors (Lipinski definition) is 3. The van der Waals surface area contributed by atoms with Crippen LogP contribution in [0.4, 0.5) is 5.69 Å². The molecule has 0 radical (unpaired) electrons. The molecule has 0 aliphatic carbocycles. The Bertz CT molecular complexity index is 3220. The van der Waals surface area contributed by atoms with Gasteiger partial charge in [0, 0.05) is 71.7 Å². The zero-order valence-corrected chi connectivity index (χ0v) is 54.5. The summed E-state index contributed by atoms with van der Waals surface area (Å²) in [6.45, 7) is 10.0. The average molecular weight is 1250 g/mol. The summed E-state index contributed by atoms with van der Waals surface area (Å²) in [5, 5.41) is 8.75. The third-order valence-corrected chi connectivity index (χ3v) is 16.5. The van der Waals surface area contributed by atoms with Gasteiger partial charge >= 0.3 is 11.9 Å². The van der Waals surface area contributed by atoms with Crippen molar-refractivity contribution in [1.29, 1.82) is 0 Å². The van der Waals surface area contributed by atoms with E-state index in [1.54, 1.807) is 63.4 Å². The van der Waals surface area contributed by atoms with Crippen molar-refractivity contribution in [3.63, 3.8) is 0 Å². The van der Waals surface area contributed by atoms with Crippen LogP contribution in [0.3, 0.4) is 0 Å². The molecule has 2 bridgehead atoms. The van der Waals surface area contributed by atoms with Crippen LogP contribution < -0.4 is 25.4 Å². The molecule has 21 nitrogen and oxygen atoms in total. The Morgan fingerprint density at radius 1 is 0.670 bits per heavy atom. The molecule has 0 aromatic heterocycles. The van der Waals surface area contributed by atoms with Crippen LogP contribution in [0.25, 0.3) is 0 Å². The molecule has 490 valence electrons. The SMILES string of the molecule is COc1ccc(CC[C@H]2OC(=O)[C@@H]3CCCCN3C(=O)C(=O)C(C)(C)COC(=O)C=CCCN(C)C(=O)[C@@H](Cc3ccccc3)NC(=O)[C@H](C(C)C)N(C)C(=O)[C@@H](Cc3ccccc3)NC(=O)[C@H](CC(C)C)N(C)C(=O)CCC(=O)Nc3cccc2c3)cc1OC. The molecule has 1 fully saturated rings. The van der Waals surface area contributed by atoms with Gasteiger partial charge in [0.05, 0.1) is 19.6 Å². The van der Waals surface area contributed by atoms with Gasteiger partial charge in [0.2, 0.25) is 41.2 Å². The first-order chi connectivity index (χ1) is 43.3. The molecular formula is C70H91N7O14. The number of aryl methyl sites for hydroxylation is 1. The number of Topliss-reactive ketones (excluding diaryl/α,β-unsaturated/α-hetero) is 1. The summed E-state index contributed by atoms with van der Waals surface area (Å²) in [5.74, 6) is -6.26. The fourth-order valence-corrected chi connectivity index (χ4v) is 11.3. The molecular weight excluding hydrogens is 1160 g/mol. The first-order valence-corrected chi connectivity index (χ1v) is 31.3. The number of carbonyl (C=O) groups excluding carboxylic acids is 10. The lowest BCUT2D eigenvalue weighted by Crippen LogP contribution is -2.60. The molecule has 2 aliphatic rings. The van der Waals surface area contributed by atoms with Crippen LogP contribution in [0.5, 0.6) is 11.5 Å². The molecule has 0 unspecified atom stereocenters. The first kappa shape index (κ1) is 71.2. The molecule has 21 heteroatoms. The highest BCUT2D eigenvalue weighted by Gasteiger charge is 2.43. The number of fused-ring (bicyclic) bond motifs is 3. The third-order valence-electron chi connectivity index (χ3n) is 16.5. The van der Waals surface area contributed by atoms with Gasteiger partial charge in [0.15, 0.2) is 11.5 Å². The molecule has 91 heavy (non-hydrogen) atoms. The van der Waals surface area contributed by atoms with Gasteiger partial charge in [-0.05, 0) is 117 Å². The van der Waals surface area contributed by atoms with Gasteiger partial charge in [-0.3, -0.25) is 38.4 Å². The summed E-state index contributed by atoms with van der Waals surface area (Å²) in [5.41, 5.74) is 1.61. The van der Waals surface area contributed by atoms with Crippen LogP contribution in [-0.2, 0) is 76.7 Å². The summed E-state index contributed by atoms with van der Waals surface area (Å²) in [6, 6.07) is 24.6. The van der Waals surface area contributed by atoms with Crippen molar-refractivity contribution in [1.82, 2.24) is 30.2 Å². The van der Waals surface area contributed by atoms with Gasteiger partial charge in [-0.2, -0.15) is 0 Å². The van der Waals surface area contributed by atoms with Crippen LogP contribution in [0, 0.1) is 17.3 Å². The molecule has 2 heterocycles. The topological polar surface area (TPSA) is 257 Å². The number of amides is 7. The maximum absolute atomic E-state index is 15.0. The van der Waals surface area contributed by atoms with Crippen molar-refractivity contribution in [3.8, 4) is 11.5 Å². The van der Waals surface area contributed by atoms with E-state index in [4.69, 9.17) is 18.9 Å². The van der Waals surface area contributed by atoms with Gasteiger partial charge in [0.1, 0.15) is 42.9 Å². The van der Waals surface area contributed by atoms with E-state index in [0.717, 1.165) is 17.2 Å². The summed E-state index contributed by atoms with van der Waals surface area (Å²) in [7, 11) is 7.57. The highest BCUT2D eigenvalue weighted by molar-refractivity contribution is 6.38. The van der Waals surface area contributed by atoms with E-state index in [9.17, 15) is 47.9 Å². The molecule has 4 aromatic carbocycles. The normalized spacial score (nSPS) is 22.2. The average Bonchev–Trinajstić information content (AvgIpc) is 3.71. The second kappa shape index (κ2) is 33.8. The Kier molecular flexibility index (Phi) is 26.4.